The Morgan fingerprint density at radius 2 is 1.88 bits per heavy atom. The Bertz CT molecular complexity index is 1210. The Morgan fingerprint density at radius 3 is 2.46 bits per heavy atom. The Balaban J connectivity index is 2.47. The maximum Gasteiger partial charge on any atom is 0.335 e. The summed E-state index contributed by atoms with van der Waals surface area (Å²) in [5.41, 5.74) is -0.463. The molecule has 1 N–H and O–H groups in total. The second-order valence-corrected chi connectivity index (χ2v) is 8.42. The molecule has 0 amide bonds. The average molecular weight is 397 g/mol. The van der Waals surface area contributed by atoms with Gasteiger partial charge in [0.15, 0.2) is 11.3 Å². The highest BCUT2D eigenvalue weighted by molar-refractivity contribution is 8.13. The van der Waals surface area contributed by atoms with Crippen molar-refractivity contribution in [3.63, 3.8) is 0 Å². The molecule has 0 saturated heterocycles. The summed E-state index contributed by atoms with van der Waals surface area (Å²) >= 11 is 0. The third-order valence-corrected chi connectivity index (χ3v) is 4.93. The zero-order valence-corrected chi connectivity index (χ0v) is 15.2. The van der Waals surface area contributed by atoms with Gasteiger partial charge in [-0.25, -0.2) is 13.2 Å². The average Bonchev–Trinajstić information content (AvgIpc) is 2.53. The molecule has 2 aromatic carbocycles. The van der Waals surface area contributed by atoms with Crippen LogP contribution in [0.3, 0.4) is 0 Å². The molecule has 0 bridgehead atoms. The predicted molar refractivity (Wildman–Crippen MR) is 95.8 cm³/mol. The molecule has 9 heteroatoms. The van der Waals surface area contributed by atoms with E-state index in [4.69, 9.17) is 24.9 Å². The van der Waals surface area contributed by atoms with Crippen LogP contribution in [0.5, 0.6) is 5.75 Å². The van der Waals surface area contributed by atoms with Gasteiger partial charge in [-0.15, -0.1) is 0 Å². The first-order valence-electron chi connectivity index (χ1n) is 7.47. The van der Waals surface area contributed by atoms with Crippen LogP contribution >= 0.6 is 10.7 Å². The monoisotopic (exact) mass is 396 g/mol. The lowest BCUT2D eigenvalue weighted by Gasteiger charge is -2.13. The van der Waals surface area contributed by atoms with E-state index < -0.39 is 20.4 Å². The van der Waals surface area contributed by atoms with Crippen LogP contribution in [0.1, 0.15) is 24.2 Å². The summed E-state index contributed by atoms with van der Waals surface area (Å²) in [5, 5.41) is 9.03. The van der Waals surface area contributed by atoms with Crippen LogP contribution in [0.15, 0.2) is 44.4 Å². The molecule has 3 aromatic rings. The summed E-state index contributed by atoms with van der Waals surface area (Å²) in [5.74, 6) is -1.15. The molecule has 136 valence electrons. The van der Waals surface area contributed by atoms with Gasteiger partial charge in [0.2, 0.25) is 5.43 Å². The molecular weight excluding hydrogens is 384 g/mol. The minimum absolute atomic E-state index is 0.0111. The van der Waals surface area contributed by atoms with Gasteiger partial charge in [0.25, 0.3) is 9.05 Å². The molecule has 3 rings (SSSR count). The molecule has 0 aliphatic rings. The Kier molecular flexibility index (Phi) is 4.41. The van der Waals surface area contributed by atoms with E-state index in [1.807, 2.05) is 0 Å². The van der Waals surface area contributed by atoms with Gasteiger partial charge < -0.3 is 14.3 Å². The first kappa shape index (κ1) is 18.2. The zero-order valence-electron chi connectivity index (χ0n) is 13.6. The maximum atomic E-state index is 12.8. The van der Waals surface area contributed by atoms with Crippen molar-refractivity contribution in [3.05, 3.63) is 46.1 Å². The number of carboxylic acids is 1. The normalized spacial score (nSPS) is 12.0. The summed E-state index contributed by atoms with van der Waals surface area (Å²) in [7, 11) is 1.28. The van der Waals surface area contributed by atoms with Crippen molar-refractivity contribution in [1.29, 1.82) is 0 Å². The number of carbonyl (C=O) groups is 1. The topological polar surface area (TPSA) is 111 Å². The first-order chi connectivity index (χ1) is 12.1. The van der Waals surface area contributed by atoms with Gasteiger partial charge in [0.1, 0.15) is 5.58 Å². The molecule has 0 spiro atoms. The summed E-state index contributed by atoms with van der Waals surface area (Å²) in [4.78, 5) is 23.6. The molecule has 0 aliphatic carbocycles. The molecule has 7 nitrogen and oxygen atoms in total. The van der Waals surface area contributed by atoms with Crippen molar-refractivity contribution < 1.29 is 27.5 Å². The number of ether oxygens (including phenoxy) is 1. The van der Waals surface area contributed by atoms with Gasteiger partial charge in [-0.2, -0.15) is 0 Å². The first-order valence-corrected chi connectivity index (χ1v) is 9.78. The third-order valence-electron chi connectivity index (χ3n) is 3.60. The molecule has 0 radical (unpaired) electrons. The van der Waals surface area contributed by atoms with Crippen LogP contribution in [0, 0.1) is 0 Å². The Morgan fingerprint density at radius 1 is 1.19 bits per heavy atom. The fourth-order valence-electron chi connectivity index (χ4n) is 2.52. The van der Waals surface area contributed by atoms with Crippen molar-refractivity contribution >= 4 is 47.6 Å². The second-order valence-electron chi connectivity index (χ2n) is 5.85. The van der Waals surface area contributed by atoms with Crippen LogP contribution in [-0.2, 0) is 9.05 Å². The van der Waals surface area contributed by atoms with E-state index in [2.05, 4.69) is 0 Å². The van der Waals surface area contributed by atoms with E-state index in [-0.39, 0.29) is 44.3 Å². The van der Waals surface area contributed by atoms with Crippen LogP contribution in [0.25, 0.3) is 21.9 Å². The quantitative estimate of drug-likeness (QED) is 0.531. The third kappa shape index (κ3) is 3.25. The number of fused-ring (bicyclic) bond motifs is 2. The van der Waals surface area contributed by atoms with E-state index in [1.54, 1.807) is 13.8 Å². The summed E-state index contributed by atoms with van der Waals surface area (Å²) in [6.07, 6.45) is -0.318. The number of halogens is 1. The largest absolute Gasteiger partial charge is 0.487 e. The van der Waals surface area contributed by atoms with Crippen molar-refractivity contribution in [2.45, 2.75) is 24.8 Å². The SMILES string of the molecule is CC(C)Oc1cc(S(=O)(=O)Cl)cc2c(=O)c3cc(C(=O)O)ccc3oc12. The number of hydrogen-bond donors (Lipinski definition) is 1. The van der Waals surface area contributed by atoms with Gasteiger partial charge in [0, 0.05) is 16.7 Å². The molecule has 0 atom stereocenters. The molecule has 1 aromatic heterocycles. The van der Waals surface area contributed by atoms with Crippen LogP contribution in [0.4, 0.5) is 0 Å². The molecular formula is C17H13ClO7S. The van der Waals surface area contributed by atoms with Gasteiger partial charge in [-0.05, 0) is 38.1 Å². The van der Waals surface area contributed by atoms with Crippen molar-refractivity contribution in [2.75, 3.05) is 0 Å². The van der Waals surface area contributed by atoms with Crippen LogP contribution < -0.4 is 10.2 Å². The van der Waals surface area contributed by atoms with Crippen molar-refractivity contribution in [3.8, 4) is 5.75 Å². The van der Waals surface area contributed by atoms with E-state index in [9.17, 15) is 18.0 Å². The Hall–Kier alpha value is -2.58. The van der Waals surface area contributed by atoms with Crippen molar-refractivity contribution in [1.82, 2.24) is 0 Å². The highest BCUT2D eigenvalue weighted by atomic mass is 35.7. The summed E-state index contributed by atoms with van der Waals surface area (Å²) in [6, 6.07) is 6.12. The molecule has 0 unspecified atom stereocenters. The van der Waals surface area contributed by atoms with E-state index >= 15 is 0 Å². The number of rotatable bonds is 4. The zero-order chi connectivity index (χ0) is 19.2. The summed E-state index contributed by atoms with van der Waals surface area (Å²) in [6.45, 7) is 3.46. The molecule has 26 heavy (non-hydrogen) atoms. The van der Waals surface area contributed by atoms with Gasteiger partial charge in [0.05, 0.1) is 27.3 Å². The lowest BCUT2D eigenvalue weighted by Crippen LogP contribution is -2.10. The maximum absolute atomic E-state index is 12.8. The van der Waals surface area contributed by atoms with Gasteiger partial charge in [-0.3, -0.25) is 4.79 Å². The standard InChI is InChI=1S/C17H13ClO7S/c1-8(2)24-14-7-10(26(18,22)23)6-12-15(19)11-5-9(17(20)21)3-4-13(11)25-16(12)14/h3-8H,1-2H3,(H,20,21). The van der Waals surface area contributed by atoms with Gasteiger partial charge in [-0.1, -0.05) is 0 Å². The number of hydrogen-bond acceptors (Lipinski definition) is 6. The number of benzene rings is 2. The summed E-state index contributed by atoms with van der Waals surface area (Å²) < 4.78 is 34.7. The molecule has 1 heterocycles. The second kappa shape index (κ2) is 6.30. The molecule has 0 saturated carbocycles. The van der Waals surface area contributed by atoms with Crippen LogP contribution in [-0.4, -0.2) is 25.6 Å². The number of aromatic carboxylic acids is 1. The molecule has 0 aliphatic heterocycles. The smallest absolute Gasteiger partial charge is 0.335 e. The highest BCUT2D eigenvalue weighted by Gasteiger charge is 2.20. The van der Waals surface area contributed by atoms with E-state index in [0.717, 1.165) is 6.07 Å². The van der Waals surface area contributed by atoms with E-state index in [1.165, 1.54) is 24.3 Å². The van der Waals surface area contributed by atoms with Gasteiger partial charge >= 0.3 is 5.97 Å². The Labute approximate surface area is 152 Å². The fraction of sp³-hybridized carbons (Fsp3) is 0.176. The minimum Gasteiger partial charge on any atom is -0.487 e. The highest BCUT2D eigenvalue weighted by Crippen LogP contribution is 2.32. The lowest BCUT2D eigenvalue weighted by molar-refractivity contribution is 0.0697. The predicted octanol–water partition coefficient (Wildman–Crippen LogP) is 3.36. The minimum atomic E-state index is -4.13. The molecule has 0 fully saturated rings. The fourth-order valence-corrected chi connectivity index (χ4v) is 3.29. The lowest BCUT2D eigenvalue weighted by atomic mass is 10.1. The van der Waals surface area contributed by atoms with E-state index in [0.29, 0.717) is 0 Å². The number of carboxylic acid groups (broad SMARTS) is 1. The van der Waals surface area contributed by atoms with Crippen molar-refractivity contribution in [2.24, 2.45) is 0 Å². The van der Waals surface area contributed by atoms with Crippen LogP contribution in [0.2, 0.25) is 0 Å².